The topological polar surface area (TPSA) is 123 Å². The molecular weight excluding hydrogens is 511 g/mol. The number of rotatable bonds is 5. The number of nitro groups is 2. The van der Waals surface area contributed by atoms with Gasteiger partial charge in [-0.1, -0.05) is 6.07 Å². The molecule has 12 heteroatoms. The molecule has 10 nitrogen and oxygen atoms in total. The van der Waals surface area contributed by atoms with Crippen molar-refractivity contribution < 1.29 is 28.6 Å². The van der Waals surface area contributed by atoms with E-state index in [0.29, 0.717) is 9.94 Å². The first-order valence-electron chi connectivity index (χ1n) is 10.3. The Balaban J connectivity index is 0.000000270. The molecule has 1 aliphatic rings. The molecule has 0 bridgehead atoms. The van der Waals surface area contributed by atoms with Crippen LogP contribution in [0.15, 0.2) is 28.7 Å². The fourth-order valence-electron chi connectivity index (χ4n) is 3.33. The van der Waals surface area contributed by atoms with E-state index in [2.05, 4.69) is 15.9 Å². The molecule has 0 amide bonds. The van der Waals surface area contributed by atoms with Gasteiger partial charge < -0.3 is 18.8 Å². The Morgan fingerprint density at radius 1 is 0.824 bits per heavy atom. The van der Waals surface area contributed by atoms with Gasteiger partial charge in [-0.25, -0.2) is 0 Å². The van der Waals surface area contributed by atoms with Crippen LogP contribution in [0, 0.1) is 34.1 Å². The minimum atomic E-state index is -0.691. The van der Waals surface area contributed by atoms with E-state index in [1.165, 1.54) is 26.4 Å². The molecule has 2 aromatic rings. The van der Waals surface area contributed by atoms with E-state index >= 15 is 0 Å². The van der Waals surface area contributed by atoms with Crippen molar-refractivity contribution in [2.75, 3.05) is 14.2 Å². The monoisotopic (exact) mass is 538 g/mol. The van der Waals surface area contributed by atoms with E-state index in [1.807, 2.05) is 27.7 Å². The molecule has 34 heavy (non-hydrogen) atoms. The average molecular weight is 539 g/mol. The van der Waals surface area contributed by atoms with Crippen LogP contribution >= 0.6 is 15.9 Å². The molecule has 184 valence electrons. The van der Waals surface area contributed by atoms with Crippen LogP contribution in [0.1, 0.15) is 38.8 Å². The normalized spacial score (nSPS) is 15.9. The van der Waals surface area contributed by atoms with E-state index in [0.717, 1.165) is 11.1 Å². The minimum Gasteiger partial charge on any atom is -0.490 e. The van der Waals surface area contributed by atoms with Crippen LogP contribution in [0.5, 0.6) is 11.5 Å². The lowest BCUT2D eigenvalue weighted by Gasteiger charge is -2.32. The number of benzene rings is 2. The van der Waals surface area contributed by atoms with Gasteiger partial charge in [0.15, 0.2) is 5.75 Å². The highest BCUT2D eigenvalue weighted by molar-refractivity contribution is 9.10. The van der Waals surface area contributed by atoms with Crippen LogP contribution in [-0.4, -0.2) is 42.4 Å². The lowest BCUT2D eigenvalue weighted by atomic mass is 9.77. The average Bonchev–Trinajstić information content (AvgIpc) is 2.94. The number of methoxy groups -OCH3 is 2. The molecule has 0 unspecified atom stereocenters. The summed E-state index contributed by atoms with van der Waals surface area (Å²) < 4.78 is 22.7. The molecule has 3 rings (SSSR count). The summed E-state index contributed by atoms with van der Waals surface area (Å²) in [6, 6.07) is 6.52. The molecule has 0 spiro atoms. The number of hydrogen-bond acceptors (Lipinski definition) is 8. The second-order valence-electron chi connectivity index (χ2n) is 8.81. The van der Waals surface area contributed by atoms with Crippen molar-refractivity contribution in [1.29, 1.82) is 0 Å². The fraction of sp³-hybridized carbons (Fsp3) is 0.455. The van der Waals surface area contributed by atoms with Gasteiger partial charge in [-0.15, -0.1) is 0 Å². The van der Waals surface area contributed by atoms with Crippen LogP contribution in [0.4, 0.5) is 11.4 Å². The molecule has 2 aromatic carbocycles. The number of nitro benzene ring substituents is 2. The van der Waals surface area contributed by atoms with Crippen molar-refractivity contribution in [3.05, 3.63) is 60.1 Å². The van der Waals surface area contributed by atoms with Gasteiger partial charge in [-0.2, -0.15) is 0 Å². The van der Waals surface area contributed by atoms with E-state index in [1.54, 1.807) is 26.0 Å². The number of halogens is 1. The van der Waals surface area contributed by atoms with Gasteiger partial charge in [0, 0.05) is 17.6 Å². The summed E-state index contributed by atoms with van der Waals surface area (Å²) in [4.78, 5) is 20.9. The Hall–Kier alpha value is -2.70. The summed E-state index contributed by atoms with van der Waals surface area (Å²) in [5.41, 5.74) is 0.994. The predicted molar refractivity (Wildman–Crippen MR) is 132 cm³/mol. The van der Waals surface area contributed by atoms with Crippen LogP contribution in [-0.2, 0) is 9.31 Å². The van der Waals surface area contributed by atoms with Gasteiger partial charge in [-0.3, -0.25) is 20.2 Å². The minimum absolute atomic E-state index is 0.0191. The first kappa shape index (κ1) is 27.5. The second kappa shape index (κ2) is 10.3. The lowest BCUT2D eigenvalue weighted by Crippen LogP contribution is -2.41. The molecule has 1 heterocycles. The summed E-state index contributed by atoms with van der Waals surface area (Å²) in [6.07, 6.45) is 0. The Bertz CT molecular complexity index is 1090. The summed E-state index contributed by atoms with van der Waals surface area (Å²) in [6.45, 7) is 11.3. The third-order valence-corrected chi connectivity index (χ3v) is 6.31. The van der Waals surface area contributed by atoms with Crippen molar-refractivity contribution in [2.45, 2.75) is 52.7 Å². The smallest absolute Gasteiger partial charge is 0.490 e. The van der Waals surface area contributed by atoms with E-state index in [9.17, 15) is 20.2 Å². The number of ether oxygens (including phenoxy) is 2. The fourth-order valence-corrected chi connectivity index (χ4v) is 4.06. The van der Waals surface area contributed by atoms with Crippen molar-refractivity contribution in [3.63, 3.8) is 0 Å². The van der Waals surface area contributed by atoms with Gasteiger partial charge >= 0.3 is 18.5 Å². The molecular formula is C22H28BBrN2O8. The maximum absolute atomic E-state index is 11.2. The summed E-state index contributed by atoms with van der Waals surface area (Å²) >= 11 is 3.20. The molecule has 0 saturated carbocycles. The van der Waals surface area contributed by atoms with Gasteiger partial charge in [0.1, 0.15) is 0 Å². The highest BCUT2D eigenvalue weighted by atomic mass is 79.9. The number of hydrogen-bond donors (Lipinski definition) is 0. The molecule has 1 aliphatic heterocycles. The van der Waals surface area contributed by atoms with Crippen LogP contribution in [0.25, 0.3) is 0 Å². The third-order valence-electron chi connectivity index (χ3n) is 5.72. The van der Waals surface area contributed by atoms with Crippen molar-refractivity contribution in [2.24, 2.45) is 0 Å². The highest BCUT2D eigenvalue weighted by Crippen LogP contribution is 2.38. The van der Waals surface area contributed by atoms with Crippen LogP contribution < -0.4 is 14.9 Å². The Kier molecular flexibility index (Phi) is 8.33. The Labute approximate surface area is 207 Å². The largest absolute Gasteiger partial charge is 0.498 e. The first-order chi connectivity index (χ1) is 15.6. The standard InChI is InChI=1S/C14H20BNO5.C8H8BrNO3/c1-9-7-10(12(19-6)11(8-9)16(17)18)15-20-13(2,3)14(4,5)21-15;1-5-3-6(9)8(13-2)7(4-5)10(11)12/h7-8H,1-6H3;3-4H,1-2H3. The lowest BCUT2D eigenvalue weighted by molar-refractivity contribution is -0.385. The van der Waals surface area contributed by atoms with Gasteiger partial charge in [-0.05, 0) is 74.7 Å². The van der Waals surface area contributed by atoms with E-state index in [-0.39, 0.29) is 22.9 Å². The van der Waals surface area contributed by atoms with Crippen LogP contribution in [0.3, 0.4) is 0 Å². The summed E-state index contributed by atoms with van der Waals surface area (Å²) in [5, 5.41) is 21.8. The molecule has 0 radical (unpaired) electrons. The second-order valence-corrected chi connectivity index (χ2v) is 9.66. The highest BCUT2D eigenvalue weighted by Gasteiger charge is 2.53. The Morgan fingerprint density at radius 3 is 1.65 bits per heavy atom. The summed E-state index contributed by atoms with van der Waals surface area (Å²) in [7, 11) is 2.12. The van der Waals surface area contributed by atoms with E-state index < -0.39 is 28.2 Å². The van der Waals surface area contributed by atoms with Crippen molar-refractivity contribution in [1.82, 2.24) is 0 Å². The maximum atomic E-state index is 11.2. The van der Waals surface area contributed by atoms with Crippen molar-refractivity contribution >= 4 is 39.9 Å². The zero-order chi connectivity index (χ0) is 26.0. The van der Waals surface area contributed by atoms with Crippen molar-refractivity contribution in [3.8, 4) is 11.5 Å². The molecule has 0 atom stereocenters. The Morgan fingerprint density at radius 2 is 1.24 bits per heavy atom. The number of nitrogens with zero attached hydrogens (tertiary/aromatic N) is 2. The predicted octanol–water partition coefficient (Wildman–Crippen LogP) is 4.89. The van der Waals surface area contributed by atoms with Crippen LogP contribution in [0.2, 0.25) is 0 Å². The number of aryl methyl sites for hydroxylation is 2. The van der Waals surface area contributed by atoms with Gasteiger partial charge in [0.2, 0.25) is 5.75 Å². The zero-order valence-electron chi connectivity index (χ0n) is 20.4. The molecule has 0 N–H and O–H groups in total. The molecule has 0 aromatic heterocycles. The zero-order valence-corrected chi connectivity index (χ0v) is 22.0. The quantitative estimate of drug-likeness (QED) is 0.299. The van der Waals surface area contributed by atoms with Gasteiger partial charge in [0.05, 0.1) is 39.7 Å². The summed E-state index contributed by atoms with van der Waals surface area (Å²) in [5.74, 6) is 0.444. The SMILES string of the molecule is COc1c(B2OC(C)(C)C(C)(C)O2)cc(C)cc1[N+](=O)[O-].COc1c(Br)cc(C)cc1[N+](=O)[O-]. The molecule has 0 aliphatic carbocycles. The molecule has 1 fully saturated rings. The third kappa shape index (κ3) is 5.68. The first-order valence-corrected chi connectivity index (χ1v) is 11.1. The van der Waals surface area contributed by atoms with Gasteiger partial charge in [0.25, 0.3) is 0 Å². The molecule has 1 saturated heterocycles. The van der Waals surface area contributed by atoms with E-state index in [4.69, 9.17) is 18.8 Å². The maximum Gasteiger partial charge on any atom is 0.498 e.